The van der Waals surface area contributed by atoms with Crippen molar-refractivity contribution >= 4 is 52.0 Å². The third kappa shape index (κ3) is 5.18. The van der Waals surface area contributed by atoms with E-state index < -0.39 is 11.7 Å². The van der Waals surface area contributed by atoms with Gasteiger partial charge in [0, 0.05) is 43.1 Å². The molecule has 0 atom stereocenters. The quantitative estimate of drug-likeness (QED) is 0.628. The Morgan fingerprint density at radius 3 is 2.43 bits per heavy atom. The number of hydrogen-bond acceptors (Lipinski definition) is 3. The van der Waals surface area contributed by atoms with Crippen molar-refractivity contribution in [1.82, 2.24) is 9.88 Å². The fourth-order valence-corrected chi connectivity index (χ4v) is 3.60. The number of rotatable bonds is 2. The molecule has 1 aliphatic rings. The van der Waals surface area contributed by atoms with Crippen LogP contribution in [-0.4, -0.2) is 41.2 Å². The lowest BCUT2D eigenvalue weighted by Gasteiger charge is -2.25. The van der Waals surface area contributed by atoms with E-state index in [2.05, 4.69) is 10.3 Å². The van der Waals surface area contributed by atoms with E-state index in [0.29, 0.717) is 42.1 Å². The van der Waals surface area contributed by atoms with Crippen LogP contribution in [0, 0.1) is 0 Å². The molecule has 1 saturated heterocycles. The Morgan fingerprint density at radius 2 is 1.79 bits per heavy atom. The average Bonchev–Trinajstić information content (AvgIpc) is 2.89. The standard InChI is InChI=1S/C18H17Cl2F3N4S/c19-13-2-4-14(5-3-13)25-17(28)27-7-1-6-26(8-9-27)16-15(20)10-12(11-24-16)18(21,22)23/h2-5,10-11H,1,6-9H2,(H,25,28). The van der Waals surface area contributed by atoms with E-state index in [-0.39, 0.29) is 5.02 Å². The molecule has 0 spiro atoms. The molecule has 28 heavy (non-hydrogen) atoms. The molecule has 2 heterocycles. The van der Waals surface area contributed by atoms with Gasteiger partial charge >= 0.3 is 6.18 Å². The van der Waals surface area contributed by atoms with E-state index >= 15 is 0 Å². The number of benzene rings is 1. The first-order valence-electron chi connectivity index (χ1n) is 8.53. The predicted octanol–water partition coefficient (Wildman–Crippen LogP) is 5.32. The summed E-state index contributed by atoms with van der Waals surface area (Å²) in [5.41, 5.74) is -0.0194. The van der Waals surface area contributed by atoms with Crippen LogP contribution in [0.3, 0.4) is 0 Å². The highest BCUT2D eigenvalue weighted by atomic mass is 35.5. The van der Waals surface area contributed by atoms with Crippen molar-refractivity contribution in [2.75, 3.05) is 36.4 Å². The second-order valence-corrected chi connectivity index (χ2v) is 7.52. The molecule has 0 amide bonds. The van der Waals surface area contributed by atoms with Crippen LogP contribution < -0.4 is 10.2 Å². The smallest absolute Gasteiger partial charge is 0.354 e. The predicted molar refractivity (Wildman–Crippen MR) is 110 cm³/mol. The first-order valence-corrected chi connectivity index (χ1v) is 9.69. The molecule has 10 heteroatoms. The number of anilines is 2. The molecule has 0 saturated carbocycles. The largest absolute Gasteiger partial charge is 0.417 e. The number of thiocarbonyl (C=S) groups is 1. The van der Waals surface area contributed by atoms with Gasteiger partial charge in [-0.15, -0.1) is 0 Å². The van der Waals surface area contributed by atoms with Crippen LogP contribution in [0.5, 0.6) is 0 Å². The number of hydrogen-bond donors (Lipinski definition) is 1. The normalized spacial score (nSPS) is 15.3. The minimum Gasteiger partial charge on any atom is -0.354 e. The van der Waals surface area contributed by atoms with Gasteiger partial charge in [-0.25, -0.2) is 4.98 Å². The molecule has 1 fully saturated rings. The maximum Gasteiger partial charge on any atom is 0.417 e. The summed E-state index contributed by atoms with van der Waals surface area (Å²) in [5.74, 6) is 0.355. The van der Waals surface area contributed by atoms with Crippen LogP contribution >= 0.6 is 35.4 Å². The Kier molecular flexibility index (Phi) is 6.52. The van der Waals surface area contributed by atoms with Crippen molar-refractivity contribution in [1.29, 1.82) is 0 Å². The molecule has 1 N–H and O–H groups in total. The molecule has 150 valence electrons. The zero-order valence-corrected chi connectivity index (χ0v) is 17.0. The van der Waals surface area contributed by atoms with Crippen molar-refractivity contribution in [3.63, 3.8) is 0 Å². The third-order valence-corrected chi connectivity index (χ3v) is 5.22. The van der Waals surface area contributed by atoms with Gasteiger partial charge in [-0.1, -0.05) is 23.2 Å². The molecule has 2 aromatic rings. The van der Waals surface area contributed by atoms with Crippen molar-refractivity contribution in [2.45, 2.75) is 12.6 Å². The number of alkyl halides is 3. The van der Waals surface area contributed by atoms with Gasteiger partial charge in [0.2, 0.25) is 0 Å². The van der Waals surface area contributed by atoms with E-state index in [1.54, 1.807) is 12.1 Å². The highest BCUT2D eigenvalue weighted by molar-refractivity contribution is 7.80. The number of halogens is 5. The zero-order chi connectivity index (χ0) is 20.3. The first-order chi connectivity index (χ1) is 13.2. The maximum absolute atomic E-state index is 12.8. The molecule has 0 bridgehead atoms. The highest BCUT2D eigenvalue weighted by Gasteiger charge is 2.32. The molecular formula is C18H17Cl2F3N4S. The zero-order valence-electron chi connectivity index (χ0n) is 14.6. The molecule has 0 radical (unpaired) electrons. The molecule has 1 aromatic carbocycles. The van der Waals surface area contributed by atoms with Crippen LogP contribution in [0.15, 0.2) is 36.5 Å². The van der Waals surface area contributed by atoms with Gasteiger partial charge in [-0.3, -0.25) is 0 Å². The van der Waals surface area contributed by atoms with Crippen LogP contribution in [0.25, 0.3) is 0 Å². The molecule has 1 aliphatic heterocycles. The molecule has 0 aliphatic carbocycles. The van der Waals surface area contributed by atoms with Gasteiger partial charge in [0.1, 0.15) is 5.82 Å². The van der Waals surface area contributed by atoms with E-state index in [1.165, 1.54) is 0 Å². The molecule has 1 aromatic heterocycles. The lowest BCUT2D eigenvalue weighted by Crippen LogP contribution is -2.38. The summed E-state index contributed by atoms with van der Waals surface area (Å²) in [6, 6.07) is 8.14. The Morgan fingerprint density at radius 1 is 1.07 bits per heavy atom. The monoisotopic (exact) mass is 448 g/mol. The Hall–Kier alpha value is -1.77. The minimum absolute atomic E-state index is 0.00913. The first kappa shape index (κ1) is 21.0. The maximum atomic E-state index is 12.8. The average molecular weight is 449 g/mol. The fourth-order valence-electron chi connectivity index (χ4n) is 2.89. The molecule has 0 unspecified atom stereocenters. The third-order valence-electron chi connectivity index (χ3n) is 4.33. The van der Waals surface area contributed by atoms with Gasteiger partial charge in [-0.2, -0.15) is 13.2 Å². The van der Waals surface area contributed by atoms with Crippen molar-refractivity contribution < 1.29 is 13.2 Å². The summed E-state index contributed by atoms with van der Waals surface area (Å²) in [6.45, 7) is 2.48. The minimum atomic E-state index is -4.47. The van der Waals surface area contributed by atoms with Crippen LogP contribution in [0.2, 0.25) is 10.0 Å². The van der Waals surface area contributed by atoms with Crippen LogP contribution in [0.1, 0.15) is 12.0 Å². The summed E-state index contributed by atoms with van der Waals surface area (Å²) < 4.78 is 38.4. The number of nitrogens with zero attached hydrogens (tertiary/aromatic N) is 3. The second kappa shape index (κ2) is 8.71. The number of pyridine rings is 1. The Balaban J connectivity index is 1.64. The van der Waals surface area contributed by atoms with Crippen LogP contribution in [-0.2, 0) is 6.18 Å². The summed E-state index contributed by atoms with van der Waals surface area (Å²) >= 11 is 17.4. The number of aromatic nitrogens is 1. The molecule has 3 rings (SSSR count). The van der Waals surface area contributed by atoms with E-state index in [1.807, 2.05) is 21.9 Å². The Bertz CT molecular complexity index is 846. The van der Waals surface area contributed by atoms with E-state index in [4.69, 9.17) is 35.4 Å². The number of nitrogens with one attached hydrogen (secondary N) is 1. The van der Waals surface area contributed by atoms with Gasteiger partial charge < -0.3 is 15.1 Å². The summed E-state index contributed by atoms with van der Waals surface area (Å²) in [7, 11) is 0. The fraction of sp³-hybridized carbons (Fsp3) is 0.333. The van der Waals surface area contributed by atoms with Crippen molar-refractivity contribution in [3.05, 3.63) is 52.1 Å². The van der Waals surface area contributed by atoms with Crippen molar-refractivity contribution in [3.8, 4) is 0 Å². The van der Waals surface area contributed by atoms with Crippen molar-refractivity contribution in [2.24, 2.45) is 0 Å². The second-order valence-electron chi connectivity index (χ2n) is 6.29. The molecular weight excluding hydrogens is 432 g/mol. The van der Waals surface area contributed by atoms with Gasteiger partial charge in [0.25, 0.3) is 0 Å². The Labute approximate surface area is 176 Å². The molecule has 4 nitrogen and oxygen atoms in total. The summed E-state index contributed by atoms with van der Waals surface area (Å²) in [5, 5.41) is 4.38. The van der Waals surface area contributed by atoms with Gasteiger partial charge in [0.05, 0.1) is 10.6 Å². The topological polar surface area (TPSA) is 31.4 Å². The lowest BCUT2D eigenvalue weighted by atomic mass is 10.2. The van der Waals surface area contributed by atoms with Gasteiger partial charge in [0.15, 0.2) is 5.11 Å². The van der Waals surface area contributed by atoms with Gasteiger partial charge in [-0.05, 0) is 49.0 Å². The van der Waals surface area contributed by atoms with E-state index in [9.17, 15) is 13.2 Å². The summed E-state index contributed by atoms with van der Waals surface area (Å²) in [4.78, 5) is 7.85. The van der Waals surface area contributed by atoms with E-state index in [0.717, 1.165) is 24.4 Å². The highest BCUT2D eigenvalue weighted by Crippen LogP contribution is 2.33. The lowest BCUT2D eigenvalue weighted by molar-refractivity contribution is -0.137. The summed E-state index contributed by atoms with van der Waals surface area (Å²) in [6.07, 6.45) is -2.89. The SMILES string of the molecule is FC(F)(F)c1cnc(N2CCCN(C(=S)Nc3ccc(Cl)cc3)CC2)c(Cl)c1. The van der Waals surface area contributed by atoms with Crippen LogP contribution in [0.4, 0.5) is 24.7 Å².